The zero-order valence-corrected chi connectivity index (χ0v) is 53.0. The summed E-state index contributed by atoms with van der Waals surface area (Å²) in [6, 6.07) is 0. The molecule has 0 N–H and O–H groups in total. The maximum atomic E-state index is 14.0. The summed E-state index contributed by atoms with van der Waals surface area (Å²) in [6.45, 7) is 7.77. The summed E-state index contributed by atoms with van der Waals surface area (Å²) < 4.78 is 12.9. The molecule has 0 saturated heterocycles. The van der Waals surface area contributed by atoms with Crippen LogP contribution in [0.1, 0.15) is 307 Å². The average Bonchev–Trinajstić information content (AvgIpc) is 3.44. The average molecular weight is 1110 g/mol. The molecule has 1 aromatic carbocycles. The Labute approximate surface area is 487 Å². The fourth-order valence-corrected chi connectivity index (χ4v) is 10.1. The van der Waals surface area contributed by atoms with E-state index < -0.39 is 5.97 Å². The van der Waals surface area contributed by atoms with Crippen LogP contribution in [0.4, 0.5) is 0 Å². The van der Waals surface area contributed by atoms with Gasteiger partial charge in [-0.1, -0.05) is 211 Å². The van der Waals surface area contributed by atoms with Gasteiger partial charge in [0.1, 0.15) is 11.5 Å². The van der Waals surface area contributed by atoms with Gasteiger partial charge in [0.15, 0.2) is 5.75 Å². The number of allylic oxidation sites excluding steroid dienone is 6. The van der Waals surface area contributed by atoms with Gasteiger partial charge in [0.05, 0.1) is 23.1 Å². The third kappa shape index (κ3) is 42.1. The molecule has 1 rings (SSSR count). The molecular weight excluding hydrogens is 983 g/mol. The molecule has 0 saturated carbocycles. The summed E-state index contributed by atoms with van der Waals surface area (Å²) in [5, 5.41) is 0. The first-order chi connectivity index (χ1) is 38.4. The maximum absolute atomic E-state index is 14.0. The highest BCUT2D eigenvalue weighted by molar-refractivity contribution is 5.78. The van der Waals surface area contributed by atoms with Crippen molar-refractivity contribution >= 4 is 17.9 Å². The number of carbonyl (C=O) groups is 3. The van der Waals surface area contributed by atoms with E-state index >= 15 is 0 Å². The van der Waals surface area contributed by atoms with Crippen LogP contribution >= 0.6 is 0 Å². The van der Waals surface area contributed by atoms with Crippen molar-refractivity contribution in [3.63, 3.8) is 0 Å². The van der Waals surface area contributed by atoms with Gasteiger partial charge in [0.25, 0.3) is 0 Å². The zero-order valence-electron chi connectivity index (χ0n) is 53.0. The molecule has 0 atom stereocenters. The largest absolute Gasteiger partial charge is 0.426 e. The molecule has 0 aromatic heterocycles. The van der Waals surface area contributed by atoms with Crippen molar-refractivity contribution in [3.05, 3.63) is 53.1 Å². The standard InChI is InChI=1S/C69H123N3O7/c1-10-13-16-19-22-25-28-31-34-37-40-43-46-49-52-55-64(73)76-67-61(58-70(4)5)68(77-65(74)56-53-50-47-44-41-38-35-32-29-26-23-20-17-14-11-2)63(60-72(8)9)69(62(67)59-71(6)7)79-78-66(75)57-54-51-48-45-42-39-36-33-30-27-24-21-18-15-12-3/h31-36H,10-30,37-60H2,1-9H3/b34-31-,35-32-,36-33-. The number of unbranched alkanes of at least 4 members (excludes halogenated alkanes) is 33. The van der Waals surface area contributed by atoms with Gasteiger partial charge in [-0.25, -0.2) is 4.79 Å². The molecule has 0 heterocycles. The molecule has 0 radical (unpaired) electrons. The molecule has 0 unspecified atom stereocenters. The van der Waals surface area contributed by atoms with Crippen LogP contribution in [-0.2, 0) is 38.9 Å². The number of carbonyl (C=O) groups excluding carboxylic acids is 3. The van der Waals surface area contributed by atoms with Gasteiger partial charge in [0, 0.05) is 32.5 Å². The van der Waals surface area contributed by atoms with Crippen LogP contribution in [0.25, 0.3) is 0 Å². The van der Waals surface area contributed by atoms with E-state index in [9.17, 15) is 14.4 Å². The van der Waals surface area contributed by atoms with Crippen LogP contribution in [0.2, 0.25) is 0 Å². The van der Waals surface area contributed by atoms with E-state index in [-0.39, 0.29) is 37.0 Å². The summed E-state index contributed by atoms with van der Waals surface area (Å²) in [7, 11) is 11.7. The molecule has 0 fully saturated rings. The summed E-state index contributed by atoms with van der Waals surface area (Å²) in [4.78, 5) is 59.2. The molecule has 0 spiro atoms. The smallest absolute Gasteiger partial charge is 0.355 e. The van der Waals surface area contributed by atoms with Crippen molar-refractivity contribution in [2.75, 3.05) is 42.3 Å². The third-order valence-electron chi connectivity index (χ3n) is 14.6. The van der Waals surface area contributed by atoms with Crippen LogP contribution in [0.3, 0.4) is 0 Å². The van der Waals surface area contributed by atoms with Gasteiger partial charge < -0.3 is 24.2 Å². The van der Waals surface area contributed by atoms with Crippen molar-refractivity contribution in [1.82, 2.24) is 14.7 Å². The van der Waals surface area contributed by atoms with Gasteiger partial charge in [-0.05, 0) is 139 Å². The lowest BCUT2D eigenvalue weighted by Crippen LogP contribution is -2.24. The zero-order chi connectivity index (χ0) is 57.8. The van der Waals surface area contributed by atoms with E-state index in [4.69, 9.17) is 19.2 Å². The molecule has 0 aliphatic heterocycles. The van der Waals surface area contributed by atoms with Crippen molar-refractivity contribution < 1.29 is 33.6 Å². The van der Waals surface area contributed by atoms with E-state index in [1.807, 2.05) is 57.0 Å². The van der Waals surface area contributed by atoms with Crippen LogP contribution in [0, 0.1) is 0 Å². The summed E-state index contributed by atoms with van der Waals surface area (Å²) >= 11 is 0. The van der Waals surface area contributed by atoms with Gasteiger partial charge >= 0.3 is 17.9 Å². The molecule has 10 nitrogen and oxygen atoms in total. The second-order valence-electron chi connectivity index (χ2n) is 23.6. The third-order valence-corrected chi connectivity index (χ3v) is 14.6. The number of esters is 2. The number of hydrogen-bond acceptors (Lipinski definition) is 10. The number of rotatable bonds is 55. The minimum atomic E-state index is -0.466. The molecule has 0 bridgehead atoms. The number of nitrogens with zero attached hydrogens (tertiary/aromatic N) is 3. The quantitative estimate of drug-likeness (QED) is 0.0157. The van der Waals surface area contributed by atoms with E-state index in [0.717, 1.165) is 96.3 Å². The van der Waals surface area contributed by atoms with Gasteiger partial charge in [-0.3, -0.25) is 19.4 Å². The van der Waals surface area contributed by atoms with Crippen molar-refractivity contribution in [1.29, 1.82) is 0 Å². The highest BCUT2D eigenvalue weighted by Gasteiger charge is 2.32. The Hall–Kier alpha value is -3.47. The fraction of sp³-hybridized carbons (Fsp3) is 0.783. The van der Waals surface area contributed by atoms with Gasteiger partial charge in [0.2, 0.25) is 0 Å². The highest BCUT2D eigenvalue weighted by Crippen LogP contribution is 2.46. The predicted molar refractivity (Wildman–Crippen MR) is 335 cm³/mol. The van der Waals surface area contributed by atoms with Crippen molar-refractivity contribution in [2.24, 2.45) is 0 Å². The highest BCUT2D eigenvalue weighted by atomic mass is 17.2. The second kappa shape index (κ2) is 52.6. The topological polar surface area (TPSA) is 97.8 Å². The Bertz CT molecular complexity index is 1650. The predicted octanol–water partition coefficient (Wildman–Crippen LogP) is 19.6. The lowest BCUT2D eigenvalue weighted by molar-refractivity contribution is -0.214. The fourth-order valence-electron chi connectivity index (χ4n) is 10.1. The Kier molecular flexibility index (Phi) is 49.0. The van der Waals surface area contributed by atoms with Gasteiger partial charge in [-0.2, -0.15) is 0 Å². The van der Waals surface area contributed by atoms with E-state index in [1.165, 1.54) is 135 Å². The van der Waals surface area contributed by atoms with Crippen LogP contribution < -0.4 is 14.4 Å². The van der Waals surface area contributed by atoms with Crippen LogP contribution in [0.5, 0.6) is 17.2 Å². The number of hydrogen-bond donors (Lipinski definition) is 0. The Balaban J connectivity index is 3.18. The Morgan fingerprint density at radius 3 is 0.797 bits per heavy atom. The van der Waals surface area contributed by atoms with Crippen LogP contribution in [-0.4, -0.2) is 74.9 Å². The lowest BCUT2D eigenvalue weighted by Gasteiger charge is -2.27. The second-order valence-corrected chi connectivity index (χ2v) is 23.6. The summed E-state index contributed by atoms with van der Waals surface area (Å²) in [6.07, 6.45) is 60.6. The molecular formula is C69H123N3O7. The first-order valence-corrected chi connectivity index (χ1v) is 32.8. The minimum absolute atomic E-state index is 0.221. The number of benzene rings is 1. The SMILES string of the molecule is CCCCCCCC/C=C\CCCCCCCC(=O)OOc1c(CN(C)C)c(OC(=O)CCCCCCC/C=C\CCCCCCCC)c(CN(C)C)c(OC(=O)CCCCCCC/C=C\CCCCCCCC)c1CN(C)C. The molecule has 0 aliphatic carbocycles. The minimum Gasteiger partial charge on any atom is -0.426 e. The first kappa shape index (κ1) is 73.5. The lowest BCUT2D eigenvalue weighted by atomic mass is 9.98. The summed E-state index contributed by atoms with van der Waals surface area (Å²) in [5.74, 6) is -0.321. The molecule has 0 aliphatic rings. The van der Waals surface area contributed by atoms with E-state index in [2.05, 4.69) is 57.2 Å². The van der Waals surface area contributed by atoms with Gasteiger partial charge in [-0.15, -0.1) is 0 Å². The molecule has 456 valence electrons. The molecule has 0 amide bonds. The monoisotopic (exact) mass is 1110 g/mol. The van der Waals surface area contributed by atoms with E-state index in [0.29, 0.717) is 67.1 Å². The summed E-state index contributed by atoms with van der Waals surface area (Å²) in [5.41, 5.74) is 1.74. The molecule has 79 heavy (non-hydrogen) atoms. The first-order valence-electron chi connectivity index (χ1n) is 32.8. The maximum Gasteiger partial charge on any atom is 0.355 e. The van der Waals surface area contributed by atoms with Crippen molar-refractivity contribution in [3.8, 4) is 17.2 Å². The Morgan fingerprint density at radius 2 is 0.532 bits per heavy atom. The Morgan fingerprint density at radius 1 is 0.304 bits per heavy atom. The molecule has 1 aromatic rings. The van der Waals surface area contributed by atoms with E-state index in [1.54, 1.807) is 0 Å². The van der Waals surface area contributed by atoms with Crippen molar-refractivity contribution in [2.45, 2.75) is 310 Å². The van der Waals surface area contributed by atoms with Crippen LogP contribution in [0.15, 0.2) is 36.5 Å². The normalized spacial score (nSPS) is 11.9. The number of ether oxygens (including phenoxy) is 2. The molecule has 10 heteroatoms.